The summed E-state index contributed by atoms with van der Waals surface area (Å²) in [6.07, 6.45) is 2.53. The molecule has 4 aromatic carbocycles. The highest BCUT2D eigenvalue weighted by Gasteiger charge is 2.24. The third kappa shape index (κ3) is 7.08. The van der Waals surface area contributed by atoms with Gasteiger partial charge >= 0.3 is 0 Å². The molecule has 0 bridgehead atoms. The highest BCUT2D eigenvalue weighted by Crippen LogP contribution is 2.29. The van der Waals surface area contributed by atoms with E-state index in [1.54, 1.807) is 42.5 Å². The first-order chi connectivity index (χ1) is 20.4. The van der Waals surface area contributed by atoms with Gasteiger partial charge < -0.3 is 20.4 Å². The Bertz CT molecular complexity index is 1600. The van der Waals surface area contributed by atoms with E-state index in [4.69, 9.17) is 0 Å². The van der Waals surface area contributed by atoms with E-state index in [2.05, 4.69) is 16.7 Å². The van der Waals surface area contributed by atoms with Crippen molar-refractivity contribution < 1.29 is 14.4 Å². The fraction of sp³-hybridized carbons (Fsp3) is 0.147. The van der Waals surface area contributed by atoms with Crippen molar-refractivity contribution in [1.29, 1.82) is 0 Å². The predicted molar refractivity (Wildman–Crippen MR) is 171 cm³/mol. The monoisotopic (exact) mass is 576 g/mol. The van der Waals surface area contributed by atoms with Crippen LogP contribution in [-0.4, -0.2) is 44.1 Å². The molecular weight excluding hydrogens is 544 g/mol. The molecule has 3 amide bonds. The van der Waals surface area contributed by atoms with E-state index in [0.29, 0.717) is 23.5 Å². The number of nitrogens with one attached hydrogen (secondary N) is 2. The molecule has 0 aromatic heterocycles. The summed E-state index contributed by atoms with van der Waals surface area (Å²) in [5, 5.41) is 5.65. The smallest absolute Gasteiger partial charge is 0.272 e. The summed E-state index contributed by atoms with van der Waals surface area (Å²) in [5.41, 5.74) is 5.15. The molecule has 0 saturated carbocycles. The first-order valence-electron chi connectivity index (χ1n) is 13.7. The summed E-state index contributed by atoms with van der Waals surface area (Å²) in [4.78, 5) is 43.9. The average Bonchev–Trinajstić information content (AvgIpc) is 3.45. The minimum Gasteiger partial charge on any atom is -0.378 e. The molecule has 42 heavy (non-hydrogen) atoms. The molecule has 8 heteroatoms. The first kappa shape index (κ1) is 28.7. The van der Waals surface area contributed by atoms with Crippen LogP contribution >= 0.6 is 11.8 Å². The molecule has 7 nitrogen and oxygen atoms in total. The standard InChI is InChI=1S/C34H32N4O3S/c1-37(2)28-16-12-24(13-17-28)22-30(36-33(40)26-9-4-3-5-10-26)34(41)35-27-14-18-29(19-15-27)42-23-32(39)38-21-20-25-8-6-7-11-31(25)38/h3-19,22H,20-21,23H2,1-2H3,(H,35,41)(H,36,40)/b30-22-. The maximum Gasteiger partial charge on any atom is 0.272 e. The number of rotatable bonds is 9. The van der Waals surface area contributed by atoms with Crippen LogP contribution in [0.25, 0.3) is 6.08 Å². The Balaban J connectivity index is 1.25. The molecule has 0 saturated heterocycles. The fourth-order valence-electron chi connectivity index (χ4n) is 4.63. The second-order valence-corrected chi connectivity index (χ2v) is 11.1. The molecule has 0 aliphatic carbocycles. The third-order valence-electron chi connectivity index (χ3n) is 6.91. The zero-order valence-electron chi connectivity index (χ0n) is 23.5. The van der Waals surface area contributed by atoms with E-state index in [-0.39, 0.29) is 17.5 Å². The molecule has 5 rings (SSSR count). The Hall–Kier alpha value is -4.82. The van der Waals surface area contributed by atoms with Crippen molar-refractivity contribution in [2.24, 2.45) is 0 Å². The molecule has 4 aromatic rings. The maximum absolute atomic E-state index is 13.3. The molecule has 212 valence electrons. The topological polar surface area (TPSA) is 81.8 Å². The van der Waals surface area contributed by atoms with Crippen molar-refractivity contribution in [1.82, 2.24) is 5.32 Å². The summed E-state index contributed by atoms with van der Waals surface area (Å²) < 4.78 is 0. The van der Waals surface area contributed by atoms with E-state index in [9.17, 15) is 14.4 Å². The highest BCUT2D eigenvalue weighted by atomic mass is 32.2. The van der Waals surface area contributed by atoms with E-state index >= 15 is 0 Å². The van der Waals surface area contributed by atoms with Gasteiger partial charge in [0, 0.05) is 48.2 Å². The first-order valence-corrected chi connectivity index (χ1v) is 14.6. The number of benzene rings is 4. The lowest BCUT2D eigenvalue weighted by Crippen LogP contribution is -2.30. The lowest BCUT2D eigenvalue weighted by molar-refractivity contribution is -0.116. The van der Waals surface area contributed by atoms with E-state index in [1.807, 2.05) is 84.6 Å². The fourth-order valence-corrected chi connectivity index (χ4v) is 5.41. The van der Waals surface area contributed by atoms with Gasteiger partial charge in [0.2, 0.25) is 5.91 Å². The molecule has 1 aliphatic heterocycles. The van der Waals surface area contributed by atoms with Crippen LogP contribution in [-0.2, 0) is 16.0 Å². The average molecular weight is 577 g/mol. The third-order valence-corrected chi connectivity index (χ3v) is 7.91. The Kier molecular flexibility index (Phi) is 9.04. The van der Waals surface area contributed by atoms with Crippen LogP contribution in [0.2, 0.25) is 0 Å². The number of nitrogens with zero attached hydrogens (tertiary/aromatic N) is 2. The van der Waals surface area contributed by atoms with Crippen LogP contribution in [0, 0.1) is 0 Å². The van der Waals surface area contributed by atoms with Gasteiger partial charge in [-0.15, -0.1) is 11.8 Å². The number of hydrogen-bond donors (Lipinski definition) is 2. The second-order valence-electron chi connectivity index (χ2n) is 10.1. The molecule has 0 atom stereocenters. The molecular formula is C34H32N4O3S. The summed E-state index contributed by atoms with van der Waals surface area (Å²) >= 11 is 1.46. The summed E-state index contributed by atoms with van der Waals surface area (Å²) in [6, 6.07) is 31.8. The second kappa shape index (κ2) is 13.2. The van der Waals surface area contributed by atoms with Crippen molar-refractivity contribution in [2.75, 3.05) is 41.5 Å². The van der Waals surface area contributed by atoms with E-state index in [0.717, 1.165) is 28.3 Å². The molecule has 1 heterocycles. The van der Waals surface area contributed by atoms with Crippen molar-refractivity contribution in [3.63, 3.8) is 0 Å². The number of amides is 3. The van der Waals surface area contributed by atoms with Crippen molar-refractivity contribution >= 4 is 52.6 Å². The van der Waals surface area contributed by atoms with Crippen LogP contribution in [0.4, 0.5) is 17.1 Å². The van der Waals surface area contributed by atoms with E-state index in [1.165, 1.54) is 17.3 Å². The van der Waals surface area contributed by atoms with Gasteiger partial charge in [-0.1, -0.05) is 48.5 Å². The summed E-state index contributed by atoms with van der Waals surface area (Å²) in [5.74, 6) is -0.423. The molecule has 0 unspecified atom stereocenters. The van der Waals surface area contributed by atoms with Crippen LogP contribution in [0.5, 0.6) is 0 Å². The lowest BCUT2D eigenvalue weighted by atomic mass is 10.1. The van der Waals surface area contributed by atoms with Crippen molar-refractivity contribution in [2.45, 2.75) is 11.3 Å². The zero-order chi connectivity index (χ0) is 29.5. The number of hydrogen-bond acceptors (Lipinski definition) is 5. The number of thioether (sulfide) groups is 1. The number of anilines is 3. The van der Waals surface area contributed by atoms with Gasteiger partial charge in [-0.3, -0.25) is 14.4 Å². The van der Waals surface area contributed by atoms with Gasteiger partial charge in [0.1, 0.15) is 5.70 Å². The van der Waals surface area contributed by atoms with Crippen molar-refractivity contribution in [3.8, 4) is 0 Å². The maximum atomic E-state index is 13.3. The highest BCUT2D eigenvalue weighted by molar-refractivity contribution is 8.00. The molecule has 1 aliphatic rings. The summed E-state index contributed by atoms with van der Waals surface area (Å²) in [6.45, 7) is 0.708. The Morgan fingerprint density at radius 3 is 2.26 bits per heavy atom. The van der Waals surface area contributed by atoms with Gasteiger partial charge in [0.05, 0.1) is 5.75 Å². The molecule has 2 N–H and O–H groups in total. The molecule has 0 fully saturated rings. The van der Waals surface area contributed by atoms with Gasteiger partial charge in [-0.05, 0) is 78.2 Å². The van der Waals surface area contributed by atoms with E-state index < -0.39 is 5.91 Å². The quantitative estimate of drug-likeness (QED) is 0.193. The predicted octanol–water partition coefficient (Wildman–Crippen LogP) is 5.84. The Morgan fingerprint density at radius 2 is 1.55 bits per heavy atom. The number of para-hydroxylation sites is 1. The number of carbonyl (C=O) groups is 3. The van der Waals surface area contributed by atoms with Crippen LogP contribution in [0.1, 0.15) is 21.5 Å². The van der Waals surface area contributed by atoms with Crippen LogP contribution < -0.4 is 20.4 Å². The van der Waals surface area contributed by atoms with Crippen molar-refractivity contribution in [3.05, 3.63) is 126 Å². The van der Waals surface area contributed by atoms with Crippen LogP contribution in [0.3, 0.4) is 0 Å². The largest absolute Gasteiger partial charge is 0.378 e. The number of fused-ring (bicyclic) bond motifs is 1. The van der Waals surface area contributed by atoms with Crippen LogP contribution in [0.15, 0.2) is 114 Å². The zero-order valence-corrected chi connectivity index (χ0v) is 24.4. The SMILES string of the molecule is CN(C)c1ccc(/C=C(\NC(=O)c2ccccc2)C(=O)Nc2ccc(SCC(=O)N3CCc4ccccc43)cc2)cc1. The number of carbonyl (C=O) groups excluding carboxylic acids is 3. The van der Waals surface area contributed by atoms with Gasteiger partial charge in [-0.2, -0.15) is 0 Å². The van der Waals surface area contributed by atoms with Gasteiger partial charge in [0.15, 0.2) is 0 Å². The Labute approximate surface area is 250 Å². The lowest BCUT2D eigenvalue weighted by Gasteiger charge is -2.17. The molecule has 0 spiro atoms. The minimum absolute atomic E-state index is 0.0740. The van der Waals surface area contributed by atoms with Gasteiger partial charge in [-0.25, -0.2) is 0 Å². The normalized spacial score (nSPS) is 12.4. The Morgan fingerprint density at radius 1 is 0.857 bits per heavy atom. The summed E-state index contributed by atoms with van der Waals surface area (Å²) in [7, 11) is 3.91. The van der Waals surface area contributed by atoms with Gasteiger partial charge in [0.25, 0.3) is 11.8 Å². The molecule has 0 radical (unpaired) electrons. The minimum atomic E-state index is -0.445.